The minimum Gasteiger partial charge on any atom is -0.741 e. The first-order valence-corrected chi connectivity index (χ1v) is 9.93. The minimum atomic E-state index is -6.09. The number of amides is 1. The summed E-state index contributed by atoms with van der Waals surface area (Å²) < 4.78 is 59.6. The Morgan fingerprint density at radius 1 is 1.25 bits per heavy atom. The fourth-order valence-corrected chi connectivity index (χ4v) is 2.35. The first-order chi connectivity index (χ1) is 12.7. The normalized spacial score (nSPS) is 15.7. The summed E-state index contributed by atoms with van der Waals surface area (Å²) in [6, 6.07) is 3.76. The molecule has 12 heteroatoms. The van der Waals surface area contributed by atoms with E-state index in [4.69, 9.17) is 13.0 Å². The van der Waals surface area contributed by atoms with Crippen molar-refractivity contribution in [2.45, 2.75) is 18.3 Å². The molecule has 1 aromatic rings. The minimum absolute atomic E-state index is 0.0374. The number of nitrogens with zero attached hydrogens (tertiary/aromatic N) is 3. The third kappa shape index (κ3) is 8.09. The molecule has 0 unspecified atom stereocenters. The van der Waals surface area contributed by atoms with Gasteiger partial charge in [0.05, 0.1) is 26.7 Å². The maximum Gasteiger partial charge on any atom is 0.485 e. The van der Waals surface area contributed by atoms with Gasteiger partial charge in [0.2, 0.25) is 5.82 Å². The number of nitrogens with one attached hydrogen (secondary N) is 1. The molecule has 1 saturated heterocycles. The second-order valence-electron chi connectivity index (χ2n) is 7.12. The van der Waals surface area contributed by atoms with Crippen molar-refractivity contribution in [1.82, 2.24) is 19.7 Å². The highest BCUT2D eigenvalue weighted by Crippen LogP contribution is 2.20. The number of rotatable bonds is 5. The van der Waals surface area contributed by atoms with E-state index in [1.807, 2.05) is 12.1 Å². The molecule has 1 fully saturated rings. The van der Waals surface area contributed by atoms with Gasteiger partial charge in [-0.3, -0.25) is 9.28 Å². The van der Waals surface area contributed by atoms with Gasteiger partial charge in [0.1, 0.15) is 0 Å². The summed E-state index contributed by atoms with van der Waals surface area (Å²) >= 11 is 0. The number of carbonyl (C=O) groups excluding carboxylic acids is 1. The van der Waals surface area contributed by atoms with Gasteiger partial charge in [-0.1, -0.05) is 0 Å². The molecular formula is C16H25F3N4O4S. The van der Waals surface area contributed by atoms with Crippen LogP contribution >= 0.6 is 0 Å². The van der Waals surface area contributed by atoms with Gasteiger partial charge in [0.25, 0.3) is 5.91 Å². The molecule has 1 aliphatic heterocycles. The molecule has 1 aromatic heterocycles. The van der Waals surface area contributed by atoms with Crippen LogP contribution in [0.3, 0.4) is 0 Å². The highest BCUT2D eigenvalue weighted by atomic mass is 32.2. The third-order valence-electron chi connectivity index (χ3n) is 3.89. The molecule has 0 aromatic carbocycles. The second-order valence-corrected chi connectivity index (χ2v) is 8.49. The zero-order chi connectivity index (χ0) is 21.6. The molecule has 2 heterocycles. The van der Waals surface area contributed by atoms with Crippen molar-refractivity contribution in [3.8, 4) is 0 Å². The lowest BCUT2D eigenvalue weighted by Crippen LogP contribution is -2.36. The van der Waals surface area contributed by atoms with Crippen LogP contribution in [-0.4, -0.2) is 81.6 Å². The number of pyridine rings is 1. The molecule has 28 heavy (non-hydrogen) atoms. The van der Waals surface area contributed by atoms with Crippen LogP contribution in [-0.2, 0) is 10.1 Å². The van der Waals surface area contributed by atoms with Crippen molar-refractivity contribution >= 4 is 21.8 Å². The lowest BCUT2D eigenvalue weighted by atomic mass is 10.2. The molecule has 1 N–H and O–H groups in total. The summed E-state index contributed by atoms with van der Waals surface area (Å²) in [5.41, 5.74) is -5.02. The average Bonchev–Trinajstić information content (AvgIpc) is 3.06. The van der Waals surface area contributed by atoms with Gasteiger partial charge in [0.15, 0.2) is 10.1 Å². The van der Waals surface area contributed by atoms with Crippen LogP contribution in [0.4, 0.5) is 19.0 Å². The highest BCUT2D eigenvalue weighted by molar-refractivity contribution is 7.86. The largest absolute Gasteiger partial charge is 0.741 e. The summed E-state index contributed by atoms with van der Waals surface area (Å²) in [4.78, 5) is 18.7. The number of carbonyl (C=O) groups is 1. The van der Waals surface area contributed by atoms with Gasteiger partial charge in [-0.15, -0.1) is 0 Å². The van der Waals surface area contributed by atoms with Crippen LogP contribution in [0.5, 0.6) is 0 Å². The number of aromatic nitrogens is 1. The van der Waals surface area contributed by atoms with E-state index in [-0.39, 0.29) is 5.91 Å². The van der Waals surface area contributed by atoms with Gasteiger partial charge < -0.3 is 14.8 Å². The second kappa shape index (κ2) is 9.63. The van der Waals surface area contributed by atoms with E-state index in [9.17, 15) is 18.0 Å². The molecule has 8 nitrogen and oxygen atoms in total. The Kier molecular flexibility index (Phi) is 8.35. The number of likely N-dealkylation sites (tertiary alicyclic amines) is 1. The smallest absolute Gasteiger partial charge is 0.485 e. The molecular weight excluding hydrogens is 401 g/mol. The first-order valence-electron chi connectivity index (χ1n) is 8.52. The number of quaternary nitrogens is 1. The average molecular weight is 426 g/mol. The number of halogens is 3. The number of hydrogen-bond donors (Lipinski definition) is 1. The van der Waals surface area contributed by atoms with Crippen molar-refractivity contribution in [2.75, 3.05) is 47.3 Å². The van der Waals surface area contributed by atoms with Crippen LogP contribution in [0.2, 0.25) is 0 Å². The first kappa shape index (κ1) is 24.3. The fraction of sp³-hybridized carbons (Fsp3) is 0.625. The summed E-state index contributed by atoms with van der Waals surface area (Å²) in [5.74, 6) is 0.906. The molecule has 1 aliphatic rings. The van der Waals surface area contributed by atoms with Crippen LogP contribution in [0.1, 0.15) is 23.2 Å². The van der Waals surface area contributed by atoms with E-state index in [0.717, 1.165) is 25.5 Å². The van der Waals surface area contributed by atoms with Crippen molar-refractivity contribution < 1.29 is 30.9 Å². The lowest BCUT2D eigenvalue weighted by Gasteiger charge is -2.21. The van der Waals surface area contributed by atoms with E-state index in [2.05, 4.69) is 36.3 Å². The fourth-order valence-electron chi connectivity index (χ4n) is 2.35. The molecule has 0 atom stereocenters. The van der Waals surface area contributed by atoms with Crippen LogP contribution in [0.25, 0.3) is 0 Å². The maximum absolute atomic E-state index is 12.0. The van der Waals surface area contributed by atoms with Crippen LogP contribution < -0.4 is 9.80 Å². The molecule has 0 radical (unpaired) electrons. The van der Waals surface area contributed by atoms with E-state index >= 15 is 0 Å². The van der Waals surface area contributed by atoms with Gasteiger partial charge in [-0.2, -0.15) is 13.2 Å². The van der Waals surface area contributed by atoms with Crippen molar-refractivity contribution in [2.24, 2.45) is 0 Å². The molecule has 0 saturated carbocycles. The Morgan fingerprint density at radius 2 is 1.79 bits per heavy atom. The van der Waals surface area contributed by atoms with Crippen molar-refractivity contribution in [3.05, 3.63) is 23.9 Å². The van der Waals surface area contributed by atoms with Crippen LogP contribution in [0, 0.1) is 0 Å². The van der Waals surface area contributed by atoms with Gasteiger partial charge in [-0.05, 0) is 32.0 Å². The molecule has 0 spiro atoms. The zero-order valence-electron chi connectivity index (χ0n) is 16.0. The Balaban J connectivity index is 0.000000416. The Labute approximate surface area is 162 Å². The van der Waals surface area contributed by atoms with E-state index in [0.29, 0.717) is 16.6 Å². The third-order valence-corrected chi connectivity index (χ3v) is 4.46. The number of hydrogen-bond acceptors (Lipinski definition) is 6. The Bertz CT molecular complexity index is 741. The van der Waals surface area contributed by atoms with Crippen molar-refractivity contribution in [1.29, 1.82) is 0 Å². The molecule has 2 rings (SSSR count). The highest BCUT2D eigenvalue weighted by Gasteiger charge is 2.36. The van der Waals surface area contributed by atoms with Gasteiger partial charge >= 0.3 is 5.51 Å². The van der Waals surface area contributed by atoms with E-state index in [1.165, 1.54) is 12.8 Å². The SMILES string of the molecule is C[N+](C)(C)c1ccc(C(=O)NCCN2CCCC2)cn1.O=S(=O)([O-])C(F)(F)F. The summed E-state index contributed by atoms with van der Waals surface area (Å²) in [6.45, 7) is 3.97. The van der Waals surface area contributed by atoms with E-state index < -0.39 is 15.6 Å². The monoisotopic (exact) mass is 426 g/mol. The predicted octanol–water partition coefficient (Wildman–Crippen LogP) is 1.16. The number of alkyl halides is 3. The van der Waals surface area contributed by atoms with Crippen LogP contribution in [0.15, 0.2) is 18.3 Å². The summed E-state index contributed by atoms with van der Waals surface area (Å²) in [6.07, 6.45) is 4.22. The van der Waals surface area contributed by atoms with Gasteiger partial charge in [0, 0.05) is 25.4 Å². The quantitative estimate of drug-likeness (QED) is 0.431. The molecule has 0 aliphatic carbocycles. The predicted molar refractivity (Wildman–Crippen MR) is 97.6 cm³/mol. The zero-order valence-corrected chi connectivity index (χ0v) is 16.8. The summed E-state index contributed by atoms with van der Waals surface area (Å²) in [5, 5.41) is 2.96. The Hall–Kier alpha value is -1.76. The molecule has 0 bridgehead atoms. The van der Waals surface area contributed by atoms with Gasteiger partial charge in [-0.25, -0.2) is 13.4 Å². The Morgan fingerprint density at radius 3 is 2.18 bits per heavy atom. The lowest BCUT2D eigenvalue weighted by molar-refractivity contribution is -0.0517. The molecule has 1 amide bonds. The molecule has 160 valence electrons. The van der Waals surface area contributed by atoms with E-state index in [1.54, 1.807) is 6.20 Å². The maximum atomic E-state index is 12.0. The van der Waals surface area contributed by atoms with Crippen molar-refractivity contribution in [3.63, 3.8) is 0 Å². The topological polar surface area (TPSA) is 102 Å². The standard InChI is InChI=1S/C15H24N4O.CHF3O3S/c1-19(2,3)14-7-6-13(12-17-14)15(20)16-8-11-18-9-4-5-10-18;2-1(3,4)8(5,6)7/h6-7,12H,4-5,8-11H2,1-3H3;(H,5,6,7). The summed E-state index contributed by atoms with van der Waals surface area (Å²) in [7, 11) is 0.0708.